The van der Waals surface area contributed by atoms with Crippen molar-refractivity contribution < 1.29 is 9.47 Å². The molecule has 110 valence electrons. The number of hydrogen-bond donors (Lipinski definition) is 2. The predicted molar refractivity (Wildman–Crippen MR) is 88.9 cm³/mol. The first kappa shape index (κ1) is 16.7. The summed E-state index contributed by atoms with van der Waals surface area (Å²) in [6, 6.07) is 3.77. The second-order valence-corrected chi connectivity index (χ2v) is 4.91. The average molecular weight is 360 g/mol. The van der Waals surface area contributed by atoms with Crippen LogP contribution in [0.15, 0.2) is 21.7 Å². The summed E-state index contributed by atoms with van der Waals surface area (Å²) in [5.41, 5.74) is 3.56. The molecule has 0 aliphatic rings. The molecule has 1 aromatic rings. The number of halogens is 1. The van der Waals surface area contributed by atoms with E-state index < -0.39 is 0 Å². The number of thiocarbonyl (C=S) groups is 1. The lowest BCUT2D eigenvalue weighted by atomic mass is 10.2. The number of hydrogen-bond acceptors (Lipinski definition) is 4. The maximum Gasteiger partial charge on any atom is 0.186 e. The van der Waals surface area contributed by atoms with Gasteiger partial charge in [-0.25, -0.2) is 0 Å². The van der Waals surface area contributed by atoms with Gasteiger partial charge in [-0.3, -0.25) is 5.43 Å². The fourth-order valence-electron chi connectivity index (χ4n) is 1.43. The minimum absolute atomic E-state index is 0.455. The van der Waals surface area contributed by atoms with Crippen LogP contribution >= 0.6 is 28.1 Å². The van der Waals surface area contributed by atoms with Crippen LogP contribution in [0, 0.1) is 0 Å². The molecule has 0 amide bonds. The number of rotatable bonds is 6. The summed E-state index contributed by atoms with van der Waals surface area (Å²) in [7, 11) is 1.73. The quantitative estimate of drug-likeness (QED) is 0.464. The monoisotopic (exact) mass is 359 g/mol. The Morgan fingerprint density at radius 3 is 2.65 bits per heavy atom. The van der Waals surface area contributed by atoms with Crippen molar-refractivity contribution in [3.8, 4) is 11.5 Å². The first-order valence-electron chi connectivity index (χ1n) is 6.22. The van der Waals surface area contributed by atoms with Gasteiger partial charge in [0.2, 0.25) is 0 Å². The zero-order chi connectivity index (χ0) is 15.0. The molecule has 20 heavy (non-hydrogen) atoms. The molecule has 0 radical (unpaired) electrons. The number of nitrogens with one attached hydrogen (secondary N) is 2. The highest BCUT2D eigenvalue weighted by atomic mass is 79.9. The molecular weight excluding hydrogens is 342 g/mol. The Morgan fingerprint density at radius 2 is 2.05 bits per heavy atom. The molecular formula is C13H18BrN3O2S. The van der Waals surface area contributed by atoms with Crippen molar-refractivity contribution in [2.24, 2.45) is 5.10 Å². The van der Waals surface area contributed by atoms with E-state index in [1.165, 1.54) is 0 Å². The van der Waals surface area contributed by atoms with E-state index in [4.69, 9.17) is 21.7 Å². The van der Waals surface area contributed by atoms with Crippen LogP contribution < -0.4 is 20.2 Å². The summed E-state index contributed by atoms with van der Waals surface area (Å²) in [5.74, 6) is 1.38. The molecule has 0 aliphatic carbocycles. The van der Waals surface area contributed by atoms with Gasteiger partial charge in [-0.1, -0.05) is 0 Å². The minimum atomic E-state index is 0.455. The number of hydrazone groups is 1. The van der Waals surface area contributed by atoms with Crippen LogP contribution in [0.4, 0.5) is 0 Å². The van der Waals surface area contributed by atoms with Crippen LogP contribution in [-0.2, 0) is 0 Å². The average Bonchev–Trinajstić information content (AvgIpc) is 2.42. The number of ether oxygens (including phenoxy) is 2. The molecule has 1 rings (SSSR count). The Morgan fingerprint density at radius 1 is 1.35 bits per heavy atom. The van der Waals surface area contributed by atoms with Crippen LogP contribution in [0.1, 0.15) is 19.4 Å². The molecule has 0 bridgehead atoms. The topological polar surface area (TPSA) is 54.9 Å². The molecule has 0 unspecified atom stereocenters. The van der Waals surface area contributed by atoms with Gasteiger partial charge in [-0.05, 0) is 59.7 Å². The van der Waals surface area contributed by atoms with Gasteiger partial charge in [0.15, 0.2) is 16.6 Å². The van der Waals surface area contributed by atoms with E-state index >= 15 is 0 Å². The van der Waals surface area contributed by atoms with Crippen LogP contribution in [0.2, 0.25) is 0 Å². The standard InChI is InChI=1S/C13H18BrN3O2S/c1-4-18-11-7-9(8-16-17-13(20)15-3)6-10(14)12(11)19-5-2/h6-8H,4-5H2,1-3H3,(H2,15,17,20)/b16-8+. The van der Waals surface area contributed by atoms with Crippen molar-refractivity contribution in [2.75, 3.05) is 20.3 Å². The van der Waals surface area contributed by atoms with Crippen LogP contribution in [0.25, 0.3) is 0 Å². The van der Waals surface area contributed by atoms with Crippen molar-refractivity contribution in [3.05, 3.63) is 22.2 Å². The highest BCUT2D eigenvalue weighted by Crippen LogP contribution is 2.36. The Hall–Kier alpha value is -1.34. The smallest absolute Gasteiger partial charge is 0.186 e. The molecule has 0 saturated heterocycles. The van der Waals surface area contributed by atoms with Gasteiger partial charge >= 0.3 is 0 Å². The van der Waals surface area contributed by atoms with Crippen LogP contribution in [0.3, 0.4) is 0 Å². The van der Waals surface area contributed by atoms with Gasteiger partial charge in [0.25, 0.3) is 0 Å². The summed E-state index contributed by atoms with van der Waals surface area (Å²) in [4.78, 5) is 0. The molecule has 0 spiro atoms. The van der Waals surface area contributed by atoms with E-state index in [1.54, 1.807) is 13.3 Å². The van der Waals surface area contributed by atoms with Gasteiger partial charge in [0.1, 0.15) is 0 Å². The van der Waals surface area contributed by atoms with Crippen molar-refractivity contribution in [1.82, 2.24) is 10.7 Å². The lowest BCUT2D eigenvalue weighted by Gasteiger charge is -2.13. The Kier molecular flexibility index (Phi) is 7.32. The molecule has 7 heteroatoms. The van der Waals surface area contributed by atoms with Gasteiger partial charge in [-0.2, -0.15) is 5.10 Å². The fraction of sp³-hybridized carbons (Fsp3) is 0.385. The predicted octanol–water partition coefficient (Wildman–Crippen LogP) is 2.67. The lowest BCUT2D eigenvalue weighted by Crippen LogP contribution is -2.28. The summed E-state index contributed by atoms with van der Waals surface area (Å²) in [6.45, 7) is 5.00. The molecule has 0 fully saturated rings. The Balaban J connectivity index is 2.95. The molecule has 0 saturated carbocycles. The second-order valence-electron chi connectivity index (χ2n) is 3.65. The third-order valence-corrected chi connectivity index (χ3v) is 3.11. The van der Waals surface area contributed by atoms with Crippen molar-refractivity contribution >= 4 is 39.5 Å². The van der Waals surface area contributed by atoms with Crippen molar-refractivity contribution in [3.63, 3.8) is 0 Å². The van der Waals surface area contributed by atoms with Crippen LogP contribution in [-0.4, -0.2) is 31.6 Å². The van der Waals surface area contributed by atoms with Crippen molar-refractivity contribution in [1.29, 1.82) is 0 Å². The minimum Gasteiger partial charge on any atom is -0.490 e. The summed E-state index contributed by atoms with van der Waals surface area (Å²) < 4.78 is 12.0. The molecule has 0 heterocycles. The highest BCUT2D eigenvalue weighted by molar-refractivity contribution is 9.10. The molecule has 2 N–H and O–H groups in total. The Bertz CT molecular complexity index is 495. The van der Waals surface area contributed by atoms with E-state index in [2.05, 4.69) is 31.8 Å². The SMILES string of the molecule is CCOc1cc(/C=N/NC(=S)NC)cc(Br)c1OCC. The number of benzene rings is 1. The van der Waals surface area contributed by atoms with Gasteiger partial charge in [0.05, 0.1) is 23.9 Å². The molecule has 1 aromatic carbocycles. The maximum absolute atomic E-state index is 5.58. The largest absolute Gasteiger partial charge is 0.490 e. The van der Waals surface area contributed by atoms with E-state index in [-0.39, 0.29) is 0 Å². The molecule has 0 aliphatic heterocycles. The van der Waals surface area contributed by atoms with Gasteiger partial charge < -0.3 is 14.8 Å². The Labute approximate surface area is 132 Å². The van der Waals surface area contributed by atoms with E-state index in [0.29, 0.717) is 29.8 Å². The summed E-state index contributed by atoms with van der Waals surface area (Å²) >= 11 is 8.41. The number of nitrogens with zero attached hydrogens (tertiary/aromatic N) is 1. The van der Waals surface area contributed by atoms with Gasteiger partial charge in [0, 0.05) is 7.05 Å². The molecule has 0 atom stereocenters. The highest BCUT2D eigenvalue weighted by Gasteiger charge is 2.11. The normalized spacial score (nSPS) is 10.4. The van der Waals surface area contributed by atoms with Gasteiger partial charge in [-0.15, -0.1) is 0 Å². The summed E-state index contributed by atoms with van der Waals surface area (Å²) in [6.07, 6.45) is 1.66. The fourth-order valence-corrected chi connectivity index (χ4v) is 2.06. The van der Waals surface area contributed by atoms with E-state index in [1.807, 2.05) is 26.0 Å². The third kappa shape index (κ3) is 4.97. The third-order valence-electron chi connectivity index (χ3n) is 2.23. The second kappa shape index (κ2) is 8.76. The van der Waals surface area contributed by atoms with Crippen LogP contribution in [0.5, 0.6) is 11.5 Å². The molecule has 5 nitrogen and oxygen atoms in total. The van der Waals surface area contributed by atoms with E-state index in [9.17, 15) is 0 Å². The first-order valence-corrected chi connectivity index (χ1v) is 7.42. The molecule has 0 aromatic heterocycles. The van der Waals surface area contributed by atoms with Crippen molar-refractivity contribution in [2.45, 2.75) is 13.8 Å². The van der Waals surface area contributed by atoms with E-state index in [0.717, 1.165) is 10.0 Å². The lowest BCUT2D eigenvalue weighted by molar-refractivity contribution is 0.286. The maximum atomic E-state index is 5.58. The first-order chi connectivity index (χ1) is 9.62. The zero-order valence-corrected chi connectivity index (χ0v) is 14.1. The summed E-state index contributed by atoms with van der Waals surface area (Å²) in [5, 5.41) is 7.26. The zero-order valence-electron chi connectivity index (χ0n) is 11.7.